The molecule has 0 atom stereocenters. The van der Waals surface area contributed by atoms with Crippen LogP contribution in [0.3, 0.4) is 0 Å². The second-order valence-corrected chi connectivity index (χ2v) is 4.67. The number of carbonyl (C=O) groups is 1. The Kier molecular flexibility index (Phi) is 3.99. The molecule has 0 spiro atoms. The Morgan fingerprint density at radius 3 is 2.78 bits per heavy atom. The maximum atomic E-state index is 12.7. The van der Waals surface area contributed by atoms with Crippen molar-refractivity contribution in [2.45, 2.75) is 11.8 Å². The van der Waals surface area contributed by atoms with Gasteiger partial charge in [-0.3, -0.25) is 10.1 Å². The largest absolute Gasteiger partial charge is 0.338 e. The fourth-order valence-corrected chi connectivity index (χ4v) is 1.97. The topological polar surface area (TPSA) is 55.1 Å². The Morgan fingerprint density at radius 2 is 2.17 bits per heavy atom. The number of aryl methyl sites for hydroxylation is 1. The van der Waals surface area contributed by atoms with Gasteiger partial charge >= 0.3 is 0 Å². The highest BCUT2D eigenvalue weighted by molar-refractivity contribution is 8.00. The van der Waals surface area contributed by atoms with Crippen LogP contribution in [0.4, 0.5) is 10.3 Å². The van der Waals surface area contributed by atoms with E-state index in [1.165, 1.54) is 23.9 Å². The van der Waals surface area contributed by atoms with Gasteiger partial charge in [0.2, 0.25) is 11.8 Å². The number of aromatic nitrogens is 1. The van der Waals surface area contributed by atoms with Gasteiger partial charge in [-0.05, 0) is 31.2 Å². The van der Waals surface area contributed by atoms with Crippen molar-refractivity contribution in [3.63, 3.8) is 0 Å². The van der Waals surface area contributed by atoms with Gasteiger partial charge in [0.1, 0.15) is 5.82 Å². The first-order valence-corrected chi connectivity index (χ1v) is 6.23. The van der Waals surface area contributed by atoms with Crippen LogP contribution >= 0.6 is 11.8 Å². The van der Waals surface area contributed by atoms with E-state index in [1.54, 1.807) is 25.1 Å². The highest BCUT2D eigenvalue weighted by Gasteiger charge is 2.07. The average Bonchev–Trinajstić information content (AvgIpc) is 2.74. The predicted molar refractivity (Wildman–Crippen MR) is 67.0 cm³/mol. The van der Waals surface area contributed by atoms with E-state index >= 15 is 0 Å². The first-order chi connectivity index (χ1) is 8.63. The maximum Gasteiger partial charge on any atom is 0.237 e. The summed E-state index contributed by atoms with van der Waals surface area (Å²) in [5, 5.41) is 6.24. The van der Waals surface area contributed by atoms with Crippen LogP contribution in [0.15, 0.2) is 39.8 Å². The number of anilines is 1. The van der Waals surface area contributed by atoms with Crippen molar-refractivity contribution >= 4 is 23.6 Å². The molecule has 0 unspecified atom stereocenters. The lowest BCUT2D eigenvalue weighted by molar-refractivity contribution is -0.113. The molecule has 1 aromatic heterocycles. The van der Waals surface area contributed by atoms with Gasteiger partial charge in [0.15, 0.2) is 0 Å². The molecule has 0 saturated heterocycles. The zero-order chi connectivity index (χ0) is 13.0. The van der Waals surface area contributed by atoms with Crippen LogP contribution in [0.1, 0.15) is 5.69 Å². The number of nitrogens with one attached hydrogen (secondary N) is 1. The summed E-state index contributed by atoms with van der Waals surface area (Å²) in [6, 6.07) is 7.62. The number of benzene rings is 1. The summed E-state index contributed by atoms with van der Waals surface area (Å²) in [6.07, 6.45) is 0. The highest BCUT2D eigenvalue weighted by Crippen LogP contribution is 2.18. The number of thioether (sulfide) groups is 1. The molecule has 18 heavy (non-hydrogen) atoms. The van der Waals surface area contributed by atoms with Gasteiger partial charge < -0.3 is 4.52 Å². The lowest BCUT2D eigenvalue weighted by atomic mass is 10.4. The molecule has 1 aromatic carbocycles. The van der Waals surface area contributed by atoms with Crippen LogP contribution in [0.2, 0.25) is 0 Å². The zero-order valence-electron chi connectivity index (χ0n) is 9.64. The molecule has 0 fully saturated rings. The number of carbonyl (C=O) groups excluding carboxylic acids is 1. The molecular weight excluding hydrogens is 255 g/mol. The Bertz CT molecular complexity index is 539. The monoisotopic (exact) mass is 266 g/mol. The summed E-state index contributed by atoms with van der Waals surface area (Å²) in [7, 11) is 0. The van der Waals surface area contributed by atoms with E-state index < -0.39 is 0 Å². The van der Waals surface area contributed by atoms with E-state index in [2.05, 4.69) is 10.5 Å². The molecule has 1 heterocycles. The van der Waals surface area contributed by atoms with E-state index in [4.69, 9.17) is 4.52 Å². The number of rotatable bonds is 4. The highest BCUT2D eigenvalue weighted by atomic mass is 32.2. The average molecular weight is 266 g/mol. The van der Waals surface area contributed by atoms with Gasteiger partial charge in [0, 0.05) is 11.0 Å². The minimum atomic E-state index is -0.291. The quantitative estimate of drug-likeness (QED) is 0.864. The molecule has 6 heteroatoms. The van der Waals surface area contributed by atoms with Crippen molar-refractivity contribution in [2.75, 3.05) is 11.1 Å². The maximum absolute atomic E-state index is 12.7. The van der Waals surface area contributed by atoms with E-state index in [0.717, 1.165) is 4.90 Å². The van der Waals surface area contributed by atoms with Crippen molar-refractivity contribution in [1.29, 1.82) is 0 Å². The third-order valence-electron chi connectivity index (χ3n) is 2.07. The van der Waals surface area contributed by atoms with Crippen LogP contribution in [-0.2, 0) is 4.79 Å². The lowest BCUT2D eigenvalue weighted by Gasteiger charge is -2.01. The van der Waals surface area contributed by atoms with Gasteiger partial charge in [0.05, 0.1) is 11.4 Å². The van der Waals surface area contributed by atoms with Crippen molar-refractivity contribution < 1.29 is 13.7 Å². The first kappa shape index (κ1) is 12.6. The Labute approximate surface area is 108 Å². The normalized spacial score (nSPS) is 10.3. The number of halogens is 1. The van der Waals surface area contributed by atoms with Crippen molar-refractivity contribution in [3.8, 4) is 0 Å². The minimum absolute atomic E-state index is 0.194. The molecule has 1 N–H and O–H groups in total. The predicted octanol–water partition coefficient (Wildman–Crippen LogP) is 2.85. The summed E-state index contributed by atoms with van der Waals surface area (Å²) in [6.45, 7) is 1.77. The van der Waals surface area contributed by atoms with Gasteiger partial charge in [-0.15, -0.1) is 11.8 Å². The van der Waals surface area contributed by atoms with Crippen molar-refractivity contribution in [3.05, 3.63) is 41.8 Å². The molecule has 94 valence electrons. The van der Waals surface area contributed by atoms with E-state index in [-0.39, 0.29) is 17.5 Å². The SMILES string of the molecule is Cc1cc(NC(=O)CSc2ccc(F)cc2)on1. The van der Waals surface area contributed by atoms with Crippen molar-refractivity contribution in [1.82, 2.24) is 5.16 Å². The third kappa shape index (κ3) is 3.59. The van der Waals surface area contributed by atoms with E-state index in [1.807, 2.05) is 0 Å². The Hall–Kier alpha value is -1.82. The van der Waals surface area contributed by atoms with Gasteiger partial charge in [-0.25, -0.2) is 4.39 Å². The molecule has 0 bridgehead atoms. The molecule has 0 saturated carbocycles. The first-order valence-electron chi connectivity index (χ1n) is 5.25. The fraction of sp³-hybridized carbons (Fsp3) is 0.167. The van der Waals surface area contributed by atoms with Gasteiger partial charge in [-0.2, -0.15) is 0 Å². The smallest absolute Gasteiger partial charge is 0.237 e. The molecule has 0 radical (unpaired) electrons. The third-order valence-corrected chi connectivity index (χ3v) is 3.09. The van der Waals surface area contributed by atoms with Gasteiger partial charge in [-0.1, -0.05) is 5.16 Å². The van der Waals surface area contributed by atoms with Crippen LogP contribution in [0.25, 0.3) is 0 Å². The molecule has 1 amide bonds. The number of amides is 1. The summed E-state index contributed by atoms with van der Waals surface area (Å²) in [5.74, 6) is 0.0735. The summed E-state index contributed by atoms with van der Waals surface area (Å²) in [4.78, 5) is 12.4. The standard InChI is InChI=1S/C12H11FN2O2S/c1-8-6-12(17-15-8)14-11(16)7-18-10-4-2-9(13)3-5-10/h2-6H,7H2,1H3,(H,14,16). The van der Waals surface area contributed by atoms with Crippen molar-refractivity contribution in [2.24, 2.45) is 0 Å². The molecule has 4 nitrogen and oxygen atoms in total. The lowest BCUT2D eigenvalue weighted by Crippen LogP contribution is -2.13. The molecular formula is C12H11FN2O2S. The van der Waals surface area contributed by atoms with Crippen LogP contribution in [0.5, 0.6) is 0 Å². The summed E-state index contributed by atoms with van der Waals surface area (Å²) >= 11 is 1.32. The molecule has 0 aliphatic heterocycles. The van der Waals surface area contributed by atoms with Crippen LogP contribution < -0.4 is 5.32 Å². The van der Waals surface area contributed by atoms with Crippen LogP contribution in [-0.4, -0.2) is 16.8 Å². The molecule has 0 aliphatic carbocycles. The summed E-state index contributed by atoms with van der Waals surface area (Å²) < 4.78 is 17.5. The van der Waals surface area contributed by atoms with Crippen LogP contribution in [0, 0.1) is 12.7 Å². The van der Waals surface area contributed by atoms with E-state index in [9.17, 15) is 9.18 Å². The van der Waals surface area contributed by atoms with E-state index in [0.29, 0.717) is 11.6 Å². The molecule has 0 aliphatic rings. The number of hydrogen-bond acceptors (Lipinski definition) is 4. The molecule has 2 rings (SSSR count). The number of hydrogen-bond donors (Lipinski definition) is 1. The Morgan fingerprint density at radius 1 is 1.44 bits per heavy atom. The zero-order valence-corrected chi connectivity index (χ0v) is 10.5. The Balaban J connectivity index is 1.83. The second kappa shape index (κ2) is 5.68. The van der Waals surface area contributed by atoms with Gasteiger partial charge in [0.25, 0.3) is 0 Å². The minimum Gasteiger partial charge on any atom is -0.338 e. The molecule has 2 aromatic rings. The summed E-state index contributed by atoms with van der Waals surface area (Å²) in [5.41, 5.74) is 0.705. The second-order valence-electron chi connectivity index (χ2n) is 3.62. The number of nitrogens with zero attached hydrogens (tertiary/aromatic N) is 1. The fourth-order valence-electron chi connectivity index (χ4n) is 1.28.